The number of hydrogen-bond donors (Lipinski definition) is 1. The largest absolute Gasteiger partial charge is 0.313 e. The monoisotopic (exact) mass is 175 g/mol. The van der Waals surface area contributed by atoms with Crippen LogP contribution in [0.25, 0.3) is 0 Å². The first-order valence-corrected chi connectivity index (χ1v) is 4.41. The van der Waals surface area contributed by atoms with Gasteiger partial charge in [-0.1, -0.05) is 6.92 Å². The summed E-state index contributed by atoms with van der Waals surface area (Å²) in [5.41, 5.74) is 1.68. The Hall–Kier alpha value is -1.40. The van der Waals surface area contributed by atoms with Gasteiger partial charge < -0.3 is 5.32 Å². The number of aromatic nitrogens is 1. The summed E-state index contributed by atoms with van der Waals surface area (Å²) in [5, 5.41) is 11.9. The molecule has 68 valence electrons. The minimum absolute atomic E-state index is 0.621. The fourth-order valence-corrected chi connectivity index (χ4v) is 1.05. The molecule has 0 saturated carbocycles. The van der Waals surface area contributed by atoms with Crippen LogP contribution in [-0.4, -0.2) is 11.5 Å². The van der Waals surface area contributed by atoms with E-state index < -0.39 is 0 Å². The molecule has 0 amide bonds. The van der Waals surface area contributed by atoms with Gasteiger partial charge in [-0.25, -0.2) is 0 Å². The topological polar surface area (TPSA) is 48.7 Å². The van der Waals surface area contributed by atoms with Crippen molar-refractivity contribution in [1.29, 1.82) is 5.26 Å². The molecule has 1 rings (SSSR count). The van der Waals surface area contributed by atoms with Gasteiger partial charge in [-0.2, -0.15) is 5.26 Å². The molecule has 0 aromatic carbocycles. The lowest BCUT2D eigenvalue weighted by Gasteiger charge is -2.02. The van der Waals surface area contributed by atoms with Crippen LogP contribution in [0.1, 0.15) is 24.5 Å². The number of nitrogens with one attached hydrogen (secondary N) is 1. The summed E-state index contributed by atoms with van der Waals surface area (Å²) in [7, 11) is 0. The third-order valence-electron chi connectivity index (χ3n) is 1.68. The highest BCUT2D eigenvalue weighted by Gasteiger charge is 1.94. The third kappa shape index (κ3) is 3.22. The van der Waals surface area contributed by atoms with Gasteiger partial charge in [0.1, 0.15) is 6.07 Å². The average molecular weight is 175 g/mol. The Bertz CT molecular complexity index is 301. The minimum Gasteiger partial charge on any atom is -0.313 e. The third-order valence-corrected chi connectivity index (χ3v) is 1.68. The van der Waals surface area contributed by atoms with Gasteiger partial charge in [-0.15, -0.1) is 0 Å². The molecule has 1 aromatic rings. The predicted octanol–water partition coefficient (Wildman–Crippen LogP) is 1.45. The van der Waals surface area contributed by atoms with Crippen LogP contribution in [0.15, 0.2) is 18.5 Å². The number of pyridine rings is 1. The van der Waals surface area contributed by atoms with E-state index in [0.29, 0.717) is 5.56 Å². The maximum atomic E-state index is 8.62. The maximum absolute atomic E-state index is 8.62. The Morgan fingerprint density at radius 2 is 2.38 bits per heavy atom. The summed E-state index contributed by atoms with van der Waals surface area (Å²) >= 11 is 0. The summed E-state index contributed by atoms with van der Waals surface area (Å²) in [5.74, 6) is 0. The van der Waals surface area contributed by atoms with Crippen molar-refractivity contribution in [2.45, 2.75) is 19.9 Å². The standard InChI is InChI=1S/C10H13N3/c1-2-3-12-7-10-4-9(5-11)6-13-8-10/h4,6,8,12H,2-3,7H2,1H3. The molecule has 1 N–H and O–H groups in total. The molecule has 0 fully saturated rings. The Kier molecular flexibility index (Phi) is 3.94. The van der Waals surface area contributed by atoms with Crippen LogP contribution in [0.5, 0.6) is 0 Å². The Morgan fingerprint density at radius 3 is 3.08 bits per heavy atom. The van der Waals surface area contributed by atoms with Crippen molar-refractivity contribution in [3.63, 3.8) is 0 Å². The summed E-state index contributed by atoms with van der Waals surface area (Å²) in [4.78, 5) is 3.97. The van der Waals surface area contributed by atoms with E-state index in [1.54, 1.807) is 12.4 Å². The second kappa shape index (κ2) is 5.28. The second-order valence-electron chi connectivity index (χ2n) is 2.87. The molecule has 0 radical (unpaired) electrons. The summed E-state index contributed by atoms with van der Waals surface area (Å²) in [6, 6.07) is 3.92. The molecule has 1 aromatic heterocycles. The summed E-state index contributed by atoms with van der Waals surface area (Å²) in [6.45, 7) is 3.91. The van der Waals surface area contributed by atoms with Gasteiger partial charge in [0.2, 0.25) is 0 Å². The van der Waals surface area contributed by atoms with Crippen LogP contribution < -0.4 is 5.32 Å². The first-order valence-electron chi connectivity index (χ1n) is 4.41. The van der Waals surface area contributed by atoms with Crippen molar-refractivity contribution in [2.24, 2.45) is 0 Å². The zero-order chi connectivity index (χ0) is 9.52. The summed E-state index contributed by atoms with van der Waals surface area (Å²) < 4.78 is 0. The first-order chi connectivity index (χ1) is 6.36. The average Bonchev–Trinajstić information content (AvgIpc) is 2.19. The Morgan fingerprint density at radius 1 is 1.54 bits per heavy atom. The van der Waals surface area contributed by atoms with Crippen LogP contribution in [0.2, 0.25) is 0 Å². The molecule has 1 heterocycles. The van der Waals surface area contributed by atoms with Crippen molar-refractivity contribution >= 4 is 0 Å². The van der Waals surface area contributed by atoms with Gasteiger partial charge in [0.05, 0.1) is 5.56 Å². The number of nitrogens with zero attached hydrogens (tertiary/aromatic N) is 2. The molecule has 13 heavy (non-hydrogen) atoms. The van der Waals surface area contributed by atoms with Crippen LogP contribution in [0.3, 0.4) is 0 Å². The van der Waals surface area contributed by atoms with E-state index in [0.717, 1.165) is 25.1 Å². The fraction of sp³-hybridized carbons (Fsp3) is 0.400. The van der Waals surface area contributed by atoms with E-state index in [1.165, 1.54) is 0 Å². The van der Waals surface area contributed by atoms with E-state index in [1.807, 2.05) is 6.07 Å². The zero-order valence-corrected chi connectivity index (χ0v) is 7.75. The molecule has 0 spiro atoms. The van der Waals surface area contributed by atoms with E-state index in [9.17, 15) is 0 Å². The molecule has 0 atom stereocenters. The second-order valence-corrected chi connectivity index (χ2v) is 2.87. The lowest BCUT2D eigenvalue weighted by molar-refractivity contribution is 0.674. The Balaban J connectivity index is 2.52. The van der Waals surface area contributed by atoms with Gasteiger partial charge in [0.15, 0.2) is 0 Å². The maximum Gasteiger partial charge on any atom is 0.101 e. The lowest BCUT2D eigenvalue weighted by atomic mass is 10.2. The van der Waals surface area contributed by atoms with Crippen LogP contribution in [0, 0.1) is 11.3 Å². The number of hydrogen-bond acceptors (Lipinski definition) is 3. The van der Waals surface area contributed by atoms with E-state index >= 15 is 0 Å². The van der Waals surface area contributed by atoms with Crippen molar-refractivity contribution in [3.05, 3.63) is 29.6 Å². The molecular weight excluding hydrogens is 162 g/mol. The van der Waals surface area contributed by atoms with Crippen molar-refractivity contribution in [1.82, 2.24) is 10.3 Å². The molecule has 3 heteroatoms. The van der Waals surface area contributed by atoms with Gasteiger partial charge in [-0.05, 0) is 24.6 Å². The van der Waals surface area contributed by atoms with E-state index in [-0.39, 0.29) is 0 Å². The SMILES string of the molecule is CCCNCc1cncc(C#N)c1. The number of rotatable bonds is 4. The lowest BCUT2D eigenvalue weighted by Crippen LogP contribution is -2.13. The van der Waals surface area contributed by atoms with Crippen molar-refractivity contribution < 1.29 is 0 Å². The minimum atomic E-state index is 0.621. The van der Waals surface area contributed by atoms with Crippen LogP contribution in [0.4, 0.5) is 0 Å². The van der Waals surface area contributed by atoms with E-state index in [4.69, 9.17) is 5.26 Å². The van der Waals surface area contributed by atoms with Gasteiger partial charge in [0.25, 0.3) is 0 Å². The highest BCUT2D eigenvalue weighted by atomic mass is 14.8. The summed E-state index contributed by atoms with van der Waals surface area (Å²) in [6.07, 6.45) is 4.47. The molecule has 3 nitrogen and oxygen atoms in total. The molecular formula is C10H13N3. The highest BCUT2D eigenvalue weighted by molar-refractivity contribution is 5.28. The molecule has 0 aliphatic carbocycles. The zero-order valence-electron chi connectivity index (χ0n) is 7.75. The predicted molar refractivity (Wildman–Crippen MR) is 50.9 cm³/mol. The normalized spacial score (nSPS) is 9.54. The molecule has 0 unspecified atom stereocenters. The quantitative estimate of drug-likeness (QED) is 0.705. The Labute approximate surface area is 78.4 Å². The van der Waals surface area contributed by atoms with Gasteiger partial charge in [-0.3, -0.25) is 4.98 Å². The fourth-order valence-electron chi connectivity index (χ4n) is 1.05. The van der Waals surface area contributed by atoms with E-state index in [2.05, 4.69) is 23.3 Å². The first kappa shape index (κ1) is 9.69. The van der Waals surface area contributed by atoms with Crippen molar-refractivity contribution in [2.75, 3.05) is 6.54 Å². The molecule has 0 bridgehead atoms. The molecule has 0 aliphatic heterocycles. The smallest absolute Gasteiger partial charge is 0.101 e. The van der Waals surface area contributed by atoms with Crippen LogP contribution >= 0.6 is 0 Å². The molecule has 0 aliphatic rings. The van der Waals surface area contributed by atoms with Crippen molar-refractivity contribution in [3.8, 4) is 6.07 Å². The highest BCUT2D eigenvalue weighted by Crippen LogP contribution is 2.00. The van der Waals surface area contributed by atoms with Gasteiger partial charge >= 0.3 is 0 Å². The van der Waals surface area contributed by atoms with Gasteiger partial charge in [0, 0.05) is 18.9 Å². The molecule has 0 saturated heterocycles. The number of nitriles is 1. The van der Waals surface area contributed by atoms with Crippen LogP contribution in [-0.2, 0) is 6.54 Å².